The number of benzene rings is 1. The largest absolute Gasteiger partial charge is 0.435 e. The second-order valence-corrected chi connectivity index (χ2v) is 6.76. The van der Waals surface area contributed by atoms with Gasteiger partial charge in [-0.05, 0) is 31.0 Å². The first kappa shape index (κ1) is 20.7. The van der Waals surface area contributed by atoms with Crippen LogP contribution in [-0.2, 0) is 6.18 Å². The maximum Gasteiger partial charge on any atom is 0.435 e. The van der Waals surface area contributed by atoms with Gasteiger partial charge in [0.25, 0.3) is 0 Å². The molecule has 0 spiro atoms. The quantitative estimate of drug-likeness (QED) is 0.427. The Labute approximate surface area is 161 Å². The van der Waals surface area contributed by atoms with Crippen molar-refractivity contribution in [3.05, 3.63) is 52.2 Å². The minimum atomic E-state index is -4.57. The Morgan fingerprint density at radius 2 is 1.71 bits per heavy atom. The van der Waals surface area contributed by atoms with Gasteiger partial charge in [0.05, 0.1) is 5.02 Å². The van der Waals surface area contributed by atoms with Crippen LogP contribution in [0.1, 0.15) is 30.4 Å². The van der Waals surface area contributed by atoms with E-state index in [0.29, 0.717) is 12.8 Å². The summed E-state index contributed by atoms with van der Waals surface area (Å²) in [4.78, 5) is 1.35. The second-order valence-electron chi connectivity index (χ2n) is 6.36. The zero-order valence-electron chi connectivity index (χ0n) is 14.3. The first-order valence-electron chi connectivity index (χ1n) is 8.36. The van der Waals surface area contributed by atoms with Crippen LogP contribution in [0.25, 0.3) is 0 Å². The van der Waals surface area contributed by atoms with Gasteiger partial charge in [0, 0.05) is 24.7 Å². The summed E-state index contributed by atoms with van der Waals surface area (Å²) in [6, 6.07) is 4.03. The summed E-state index contributed by atoms with van der Waals surface area (Å²) in [7, 11) is 0. The molecule has 1 fully saturated rings. The number of aromatic nitrogens is 2. The Bertz CT molecular complexity index is 822. The summed E-state index contributed by atoms with van der Waals surface area (Å²) < 4.78 is 79.6. The van der Waals surface area contributed by atoms with E-state index in [4.69, 9.17) is 11.6 Å². The number of alkyl halides is 4. The SMILES string of the molecule is Fc1c(Cl)ccc(C(F)N2CCC(Nc3ccc(C(F)(F)F)nn3)CC2)c1F. The molecule has 3 rings (SSSR count). The molecular weight excluding hydrogens is 410 g/mol. The number of hydrogen-bond donors (Lipinski definition) is 1. The number of piperidine rings is 1. The van der Waals surface area contributed by atoms with Gasteiger partial charge in [0.1, 0.15) is 5.82 Å². The van der Waals surface area contributed by atoms with Gasteiger partial charge in [0.2, 0.25) is 0 Å². The predicted octanol–water partition coefficient (Wildman–Crippen LogP) is 4.97. The maximum absolute atomic E-state index is 14.6. The standard InChI is InChI=1S/C17H15ClF6N4/c18-11-2-1-10(14(19)15(11)20)16(21)28-7-5-9(6-8-28)25-13-4-3-12(26-27-13)17(22,23)24/h1-4,9,16H,5-8H2,(H,25,27). The van der Waals surface area contributed by atoms with E-state index in [1.807, 2.05) is 0 Å². The van der Waals surface area contributed by atoms with E-state index in [1.165, 1.54) is 11.0 Å². The first-order chi connectivity index (χ1) is 13.2. The molecule has 152 valence electrons. The number of nitrogens with one attached hydrogen (secondary N) is 1. The molecule has 0 aliphatic carbocycles. The van der Waals surface area contributed by atoms with Crippen molar-refractivity contribution < 1.29 is 26.3 Å². The summed E-state index contributed by atoms with van der Waals surface area (Å²) in [5, 5.41) is 9.15. The van der Waals surface area contributed by atoms with E-state index in [0.717, 1.165) is 18.2 Å². The van der Waals surface area contributed by atoms with E-state index < -0.39 is 40.4 Å². The van der Waals surface area contributed by atoms with Gasteiger partial charge >= 0.3 is 6.18 Å². The maximum atomic E-state index is 14.6. The molecule has 2 heterocycles. The lowest BCUT2D eigenvalue weighted by Gasteiger charge is -2.34. The van der Waals surface area contributed by atoms with Crippen LogP contribution >= 0.6 is 11.6 Å². The average molecular weight is 425 g/mol. The molecule has 0 amide bonds. The highest BCUT2D eigenvalue weighted by atomic mass is 35.5. The van der Waals surface area contributed by atoms with Gasteiger partial charge in [-0.25, -0.2) is 13.2 Å². The van der Waals surface area contributed by atoms with E-state index in [-0.39, 0.29) is 24.9 Å². The minimum Gasteiger partial charge on any atom is -0.366 e. The molecule has 2 aromatic rings. The Morgan fingerprint density at radius 1 is 1.04 bits per heavy atom. The van der Waals surface area contributed by atoms with Crippen LogP contribution in [0.15, 0.2) is 24.3 Å². The van der Waals surface area contributed by atoms with Gasteiger partial charge in [0.15, 0.2) is 23.6 Å². The van der Waals surface area contributed by atoms with E-state index in [2.05, 4.69) is 15.5 Å². The van der Waals surface area contributed by atoms with Crippen LogP contribution in [-0.4, -0.2) is 34.2 Å². The summed E-state index contributed by atoms with van der Waals surface area (Å²) in [5.74, 6) is -2.44. The topological polar surface area (TPSA) is 41.0 Å². The number of nitrogens with zero attached hydrogens (tertiary/aromatic N) is 3. The number of hydrogen-bond acceptors (Lipinski definition) is 4. The highest BCUT2D eigenvalue weighted by molar-refractivity contribution is 6.30. The molecule has 0 bridgehead atoms. The van der Waals surface area contributed by atoms with Crippen molar-refractivity contribution in [2.45, 2.75) is 31.4 Å². The van der Waals surface area contributed by atoms with Crippen molar-refractivity contribution in [1.82, 2.24) is 15.1 Å². The van der Waals surface area contributed by atoms with Crippen molar-refractivity contribution in [1.29, 1.82) is 0 Å². The average Bonchev–Trinajstić information content (AvgIpc) is 2.66. The highest BCUT2D eigenvalue weighted by Gasteiger charge is 2.33. The molecule has 11 heteroatoms. The molecule has 4 nitrogen and oxygen atoms in total. The van der Waals surface area contributed by atoms with Crippen molar-refractivity contribution in [3.8, 4) is 0 Å². The molecule has 1 N–H and O–H groups in total. The third kappa shape index (κ3) is 4.49. The van der Waals surface area contributed by atoms with Crippen molar-refractivity contribution >= 4 is 17.4 Å². The lowest BCUT2D eigenvalue weighted by Crippen LogP contribution is -2.40. The Hall–Kier alpha value is -2.07. The van der Waals surface area contributed by atoms with Gasteiger partial charge in [-0.1, -0.05) is 17.7 Å². The highest BCUT2D eigenvalue weighted by Crippen LogP contribution is 2.32. The van der Waals surface area contributed by atoms with Crippen LogP contribution in [0.3, 0.4) is 0 Å². The summed E-state index contributed by atoms with van der Waals surface area (Å²) >= 11 is 5.47. The third-order valence-electron chi connectivity index (χ3n) is 4.48. The van der Waals surface area contributed by atoms with E-state index >= 15 is 0 Å². The van der Waals surface area contributed by atoms with Crippen molar-refractivity contribution in [3.63, 3.8) is 0 Å². The van der Waals surface area contributed by atoms with E-state index in [9.17, 15) is 26.3 Å². The minimum absolute atomic E-state index is 0.165. The summed E-state index contributed by atoms with van der Waals surface area (Å²) in [6.45, 7) is 0.465. The van der Waals surface area contributed by atoms with Crippen molar-refractivity contribution in [2.75, 3.05) is 18.4 Å². The monoisotopic (exact) mass is 424 g/mol. The number of halogens is 7. The van der Waals surface area contributed by atoms with Crippen LogP contribution in [0.2, 0.25) is 5.02 Å². The number of anilines is 1. The Balaban J connectivity index is 1.58. The van der Waals surface area contributed by atoms with Crippen LogP contribution in [0.4, 0.5) is 32.2 Å². The van der Waals surface area contributed by atoms with Crippen LogP contribution < -0.4 is 5.32 Å². The lowest BCUT2D eigenvalue weighted by atomic mass is 10.0. The fraction of sp³-hybridized carbons (Fsp3) is 0.412. The molecule has 1 aromatic heterocycles. The Kier molecular flexibility index (Phi) is 5.99. The van der Waals surface area contributed by atoms with Gasteiger partial charge in [-0.2, -0.15) is 13.2 Å². The molecule has 1 saturated heterocycles. The molecule has 1 unspecified atom stereocenters. The number of likely N-dealkylation sites (tertiary alicyclic amines) is 1. The summed E-state index contributed by atoms with van der Waals surface area (Å²) in [6.07, 6.45) is -5.54. The second kappa shape index (κ2) is 8.12. The molecule has 0 radical (unpaired) electrons. The normalized spacial score (nSPS) is 17.5. The smallest absolute Gasteiger partial charge is 0.366 e. The Morgan fingerprint density at radius 3 is 2.29 bits per heavy atom. The van der Waals surface area contributed by atoms with Gasteiger partial charge in [-0.15, -0.1) is 10.2 Å². The molecule has 1 aliphatic rings. The van der Waals surface area contributed by atoms with Crippen molar-refractivity contribution in [2.24, 2.45) is 0 Å². The zero-order chi connectivity index (χ0) is 20.5. The summed E-state index contributed by atoms with van der Waals surface area (Å²) in [5.41, 5.74) is -1.52. The molecular formula is C17H15ClF6N4. The molecule has 28 heavy (non-hydrogen) atoms. The predicted molar refractivity (Wildman–Crippen MR) is 90.5 cm³/mol. The number of rotatable bonds is 4. The zero-order valence-corrected chi connectivity index (χ0v) is 15.0. The lowest BCUT2D eigenvalue weighted by molar-refractivity contribution is -0.141. The molecule has 0 saturated carbocycles. The van der Waals surface area contributed by atoms with Crippen LogP contribution in [0, 0.1) is 11.6 Å². The fourth-order valence-corrected chi connectivity index (χ4v) is 3.11. The van der Waals surface area contributed by atoms with E-state index in [1.54, 1.807) is 0 Å². The molecule has 1 atom stereocenters. The van der Waals surface area contributed by atoms with Crippen LogP contribution in [0.5, 0.6) is 0 Å². The molecule has 1 aromatic carbocycles. The van der Waals surface area contributed by atoms with Gasteiger partial charge in [-0.3, -0.25) is 4.90 Å². The molecule has 1 aliphatic heterocycles. The van der Waals surface area contributed by atoms with Gasteiger partial charge < -0.3 is 5.32 Å². The first-order valence-corrected chi connectivity index (χ1v) is 8.73. The fourth-order valence-electron chi connectivity index (χ4n) is 2.96. The third-order valence-corrected chi connectivity index (χ3v) is 4.77.